The first-order valence-electron chi connectivity index (χ1n) is 6.92. The average Bonchev–Trinajstić information content (AvgIpc) is 2.92. The number of hydrogen-bond acceptors (Lipinski definition) is 3. The van der Waals surface area contributed by atoms with Gasteiger partial charge in [0.05, 0.1) is 5.92 Å². The summed E-state index contributed by atoms with van der Waals surface area (Å²) in [5, 5.41) is 15.2. The fourth-order valence-electron chi connectivity index (χ4n) is 2.47. The molecule has 0 radical (unpaired) electrons. The molecule has 1 amide bonds. The van der Waals surface area contributed by atoms with E-state index < -0.39 is 11.9 Å². The Morgan fingerprint density at radius 3 is 2.70 bits per heavy atom. The predicted octanol–water partition coefficient (Wildman–Crippen LogP) is 0.971. The normalized spacial score (nSPS) is 19.5. The lowest BCUT2D eigenvalue weighted by Gasteiger charge is -2.15. The van der Waals surface area contributed by atoms with E-state index in [4.69, 9.17) is 0 Å². The molecule has 5 heteroatoms. The summed E-state index contributed by atoms with van der Waals surface area (Å²) in [6, 6.07) is 8.99. The maximum atomic E-state index is 11.8. The monoisotopic (exact) mass is 276 g/mol. The Labute approximate surface area is 118 Å². The molecule has 2 atom stereocenters. The van der Waals surface area contributed by atoms with Gasteiger partial charge < -0.3 is 15.7 Å². The van der Waals surface area contributed by atoms with Crippen LogP contribution in [0.2, 0.25) is 0 Å². The van der Waals surface area contributed by atoms with Crippen LogP contribution in [0.5, 0.6) is 0 Å². The number of aliphatic carboxylic acids is 1. The molecule has 5 nitrogen and oxygen atoms in total. The Balaban J connectivity index is 1.86. The van der Waals surface area contributed by atoms with Gasteiger partial charge in [0.1, 0.15) is 0 Å². The smallest absolute Gasteiger partial charge is 0.312 e. The molecule has 0 spiro atoms. The molecule has 2 unspecified atom stereocenters. The number of carboxylic acid groups (broad SMARTS) is 1. The lowest BCUT2D eigenvalue weighted by molar-refractivity contribution is -0.138. The summed E-state index contributed by atoms with van der Waals surface area (Å²) in [6.45, 7) is 1.96. The molecule has 0 aromatic heterocycles. The number of carbonyl (C=O) groups excluding carboxylic acids is 1. The minimum absolute atomic E-state index is 0.0686. The van der Waals surface area contributed by atoms with E-state index in [9.17, 15) is 14.7 Å². The average molecular weight is 276 g/mol. The van der Waals surface area contributed by atoms with E-state index in [0.29, 0.717) is 17.9 Å². The highest BCUT2D eigenvalue weighted by Gasteiger charge is 2.22. The van der Waals surface area contributed by atoms with Gasteiger partial charge in [-0.1, -0.05) is 30.3 Å². The molecule has 20 heavy (non-hydrogen) atoms. The number of carboxylic acids is 1. The van der Waals surface area contributed by atoms with Crippen molar-refractivity contribution in [1.29, 1.82) is 0 Å². The molecule has 1 aliphatic rings. The van der Waals surface area contributed by atoms with Gasteiger partial charge in [0, 0.05) is 13.0 Å². The first-order chi connectivity index (χ1) is 9.66. The molecule has 2 rings (SSSR count). The molecule has 1 saturated heterocycles. The first-order valence-corrected chi connectivity index (χ1v) is 6.92. The van der Waals surface area contributed by atoms with Crippen LogP contribution in [0.15, 0.2) is 30.3 Å². The highest BCUT2D eigenvalue weighted by Crippen LogP contribution is 2.16. The Bertz CT molecular complexity index is 455. The summed E-state index contributed by atoms with van der Waals surface area (Å²) in [5.41, 5.74) is 0.711. The van der Waals surface area contributed by atoms with Gasteiger partial charge in [0.15, 0.2) is 0 Å². The van der Waals surface area contributed by atoms with E-state index in [1.54, 1.807) is 24.3 Å². The van der Waals surface area contributed by atoms with Crippen molar-refractivity contribution in [2.45, 2.75) is 18.8 Å². The SMILES string of the molecule is O=C(CC1CCNC1)NCC(C(=O)O)c1ccccc1. The van der Waals surface area contributed by atoms with Crippen molar-refractivity contribution >= 4 is 11.9 Å². The van der Waals surface area contributed by atoms with Crippen LogP contribution in [-0.4, -0.2) is 36.6 Å². The zero-order valence-electron chi connectivity index (χ0n) is 11.3. The van der Waals surface area contributed by atoms with Gasteiger partial charge >= 0.3 is 5.97 Å². The fraction of sp³-hybridized carbons (Fsp3) is 0.467. The van der Waals surface area contributed by atoms with Crippen molar-refractivity contribution in [3.8, 4) is 0 Å². The second-order valence-electron chi connectivity index (χ2n) is 5.17. The topological polar surface area (TPSA) is 78.4 Å². The predicted molar refractivity (Wildman–Crippen MR) is 75.4 cm³/mol. The van der Waals surface area contributed by atoms with Gasteiger partial charge in [-0.05, 0) is 31.0 Å². The second kappa shape index (κ2) is 7.05. The number of nitrogens with one attached hydrogen (secondary N) is 2. The molecular weight excluding hydrogens is 256 g/mol. The van der Waals surface area contributed by atoms with Crippen molar-refractivity contribution < 1.29 is 14.7 Å². The van der Waals surface area contributed by atoms with Crippen molar-refractivity contribution in [3.63, 3.8) is 0 Å². The summed E-state index contributed by atoms with van der Waals surface area (Å²) in [5.74, 6) is -1.31. The lowest BCUT2D eigenvalue weighted by atomic mass is 9.99. The minimum atomic E-state index is -0.918. The van der Waals surface area contributed by atoms with Gasteiger partial charge in [-0.3, -0.25) is 9.59 Å². The zero-order valence-corrected chi connectivity index (χ0v) is 11.3. The molecule has 1 fully saturated rings. The summed E-state index contributed by atoms with van der Waals surface area (Å²) in [7, 11) is 0. The standard InChI is InChI=1S/C15H20N2O3/c18-14(8-11-6-7-16-9-11)17-10-13(15(19)20)12-4-2-1-3-5-12/h1-5,11,13,16H,6-10H2,(H,17,18)(H,19,20). The fourth-order valence-corrected chi connectivity index (χ4v) is 2.47. The minimum Gasteiger partial charge on any atom is -0.481 e. The van der Waals surface area contributed by atoms with Crippen LogP contribution in [0.1, 0.15) is 24.3 Å². The van der Waals surface area contributed by atoms with Gasteiger partial charge in [0.25, 0.3) is 0 Å². The Morgan fingerprint density at radius 2 is 2.10 bits per heavy atom. The quantitative estimate of drug-likeness (QED) is 0.723. The molecule has 0 bridgehead atoms. The van der Waals surface area contributed by atoms with Crippen molar-refractivity contribution in [3.05, 3.63) is 35.9 Å². The van der Waals surface area contributed by atoms with Crippen LogP contribution in [0.25, 0.3) is 0 Å². The Morgan fingerprint density at radius 1 is 1.35 bits per heavy atom. The summed E-state index contributed by atoms with van der Waals surface area (Å²) < 4.78 is 0. The van der Waals surface area contributed by atoms with Crippen LogP contribution in [0.4, 0.5) is 0 Å². The third-order valence-corrected chi connectivity index (χ3v) is 3.64. The van der Waals surface area contributed by atoms with E-state index in [1.165, 1.54) is 0 Å². The Kier molecular flexibility index (Phi) is 5.12. The second-order valence-corrected chi connectivity index (χ2v) is 5.17. The third kappa shape index (κ3) is 4.06. The molecule has 1 aromatic rings. The largest absolute Gasteiger partial charge is 0.481 e. The summed E-state index contributed by atoms with van der Waals surface area (Å²) in [4.78, 5) is 23.1. The van der Waals surface area contributed by atoms with Crippen LogP contribution in [0.3, 0.4) is 0 Å². The van der Waals surface area contributed by atoms with E-state index >= 15 is 0 Å². The van der Waals surface area contributed by atoms with Crippen LogP contribution in [-0.2, 0) is 9.59 Å². The molecule has 1 heterocycles. The number of carbonyl (C=O) groups is 2. The Hall–Kier alpha value is -1.88. The number of amides is 1. The van der Waals surface area contributed by atoms with Gasteiger partial charge in [-0.2, -0.15) is 0 Å². The van der Waals surface area contributed by atoms with Crippen LogP contribution in [0, 0.1) is 5.92 Å². The maximum Gasteiger partial charge on any atom is 0.312 e. The summed E-state index contributed by atoms with van der Waals surface area (Å²) in [6.07, 6.45) is 1.47. The molecule has 108 valence electrons. The van der Waals surface area contributed by atoms with Crippen LogP contribution >= 0.6 is 0 Å². The number of rotatable bonds is 6. The van der Waals surface area contributed by atoms with Crippen molar-refractivity contribution in [1.82, 2.24) is 10.6 Å². The van der Waals surface area contributed by atoms with Crippen molar-refractivity contribution in [2.24, 2.45) is 5.92 Å². The van der Waals surface area contributed by atoms with Gasteiger partial charge in [0.2, 0.25) is 5.91 Å². The van der Waals surface area contributed by atoms with Gasteiger partial charge in [-0.15, -0.1) is 0 Å². The first kappa shape index (κ1) is 14.5. The molecule has 1 aliphatic heterocycles. The van der Waals surface area contributed by atoms with E-state index in [0.717, 1.165) is 19.5 Å². The number of benzene rings is 1. The van der Waals surface area contributed by atoms with E-state index in [1.807, 2.05) is 6.07 Å². The molecule has 3 N–H and O–H groups in total. The number of hydrogen-bond donors (Lipinski definition) is 3. The van der Waals surface area contributed by atoms with Gasteiger partial charge in [-0.25, -0.2) is 0 Å². The molecular formula is C15H20N2O3. The molecule has 0 saturated carbocycles. The lowest BCUT2D eigenvalue weighted by Crippen LogP contribution is -2.33. The highest BCUT2D eigenvalue weighted by molar-refractivity contribution is 5.80. The third-order valence-electron chi connectivity index (χ3n) is 3.64. The highest BCUT2D eigenvalue weighted by atomic mass is 16.4. The van der Waals surface area contributed by atoms with E-state index in [2.05, 4.69) is 10.6 Å². The maximum absolute atomic E-state index is 11.8. The zero-order chi connectivity index (χ0) is 14.4. The van der Waals surface area contributed by atoms with E-state index in [-0.39, 0.29) is 12.5 Å². The molecule has 0 aliphatic carbocycles. The summed E-state index contributed by atoms with van der Waals surface area (Å²) >= 11 is 0. The molecule has 1 aromatic carbocycles. The van der Waals surface area contributed by atoms with Crippen LogP contribution < -0.4 is 10.6 Å². The van der Waals surface area contributed by atoms with Crippen molar-refractivity contribution in [2.75, 3.05) is 19.6 Å².